The van der Waals surface area contributed by atoms with Gasteiger partial charge in [0, 0.05) is 35.1 Å². The summed E-state index contributed by atoms with van der Waals surface area (Å²) in [6.45, 7) is 0.561. The Bertz CT molecular complexity index is 982. The van der Waals surface area contributed by atoms with Gasteiger partial charge in [-0.1, -0.05) is 60.7 Å². The number of thioether (sulfide) groups is 1. The van der Waals surface area contributed by atoms with E-state index in [0.29, 0.717) is 18.5 Å². The number of rotatable bonds is 6. The van der Waals surface area contributed by atoms with Crippen LogP contribution in [0, 0.1) is 0 Å². The Labute approximate surface area is 181 Å². The molecule has 0 unspecified atom stereocenters. The van der Waals surface area contributed by atoms with Crippen LogP contribution in [0.5, 0.6) is 0 Å². The van der Waals surface area contributed by atoms with Crippen molar-refractivity contribution < 1.29 is 9.59 Å². The smallest absolute Gasteiger partial charge is 0.251 e. The SMILES string of the molecule is O=C1CCSc2ccc(C(=O)NCCC(c3ccccc3)c3ccccc3)cc2N1. The first kappa shape index (κ1) is 20.2. The summed E-state index contributed by atoms with van der Waals surface area (Å²) in [6, 6.07) is 26.3. The van der Waals surface area contributed by atoms with Gasteiger partial charge in [0.1, 0.15) is 0 Å². The highest BCUT2D eigenvalue weighted by molar-refractivity contribution is 7.99. The van der Waals surface area contributed by atoms with Crippen molar-refractivity contribution in [1.82, 2.24) is 5.32 Å². The highest BCUT2D eigenvalue weighted by Gasteiger charge is 2.17. The van der Waals surface area contributed by atoms with Gasteiger partial charge in [0.2, 0.25) is 5.91 Å². The summed E-state index contributed by atoms with van der Waals surface area (Å²) in [6.07, 6.45) is 1.29. The molecule has 2 amide bonds. The number of hydrogen-bond acceptors (Lipinski definition) is 3. The summed E-state index contributed by atoms with van der Waals surface area (Å²) in [7, 11) is 0. The molecule has 1 heterocycles. The van der Waals surface area contributed by atoms with Crippen LogP contribution in [-0.2, 0) is 4.79 Å². The molecular formula is C25H24N2O2S. The van der Waals surface area contributed by atoms with Gasteiger partial charge in [0.25, 0.3) is 5.91 Å². The highest BCUT2D eigenvalue weighted by atomic mass is 32.2. The Morgan fingerprint density at radius 2 is 1.63 bits per heavy atom. The standard InChI is InChI=1S/C25H24N2O2S/c28-24-14-16-30-23-12-11-20(17-22(23)27-24)25(29)26-15-13-21(18-7-3-1-4-8-18)19-9-5-2-6-10-19/h1-12,17,21H,13-16H2,(H,26,29)(H,27,28). The van der Waals surface area contributed by atoms with Gasteiger partial charge >= 0.3 is 0 Å². The van der Waals surface area contributed by atoms with E-state index >= 15 is 0 Å². The molecular weight excluding hydrogens is 392 g/mol. The van der Waals surface area contributed by atoms with Crippen LogP contribution in [0.3, 0.4) is 0 Å². The van der Waals surface area contributed by atoms with E-state index < -0.39 is 0 Å². The highest BCUT2D eigenvalue weighted by Crippen LogP contribution is 2.31. The van der Waals surface area contributed by atoms with E-state index in [4.69, 9.17) is 0 Å². The molecule has 0 radical (unpaired) electrons. The molecule has 2 N–H and O–H groups in total. The van der Waals surface area contributed by atoms with Crippen LogP contribution >= 0.6 is 11.8 Å². The molecule has 0 saturated heterocycles. The van der Waals surface area contributed by atoms with E-state index in [1.165, 1.54) is 11.1 Å². The second-order valence-electron chi connectivity index (χ2n) is 7.28. The van der Waals surface area contributed by atoms with Crippen molar-refractivity contribution in [3.05, 3.63) is 95.6 Å². The van der Waals surface area contributed by atoms with E-state index in [1.807, 2.05) is 48.5 Å². The van der Waals surface area contributed by atoms with Gasteiger partial charge in [-0.15, -0.1) is 11.8 Å². The molecule has 0 aromatic heterocycles. The van der Waals surface area contributed by atoms with Crippen LogP contribution in [0.2, 0.25) is 0 Å². The summed E-state index contributed by atoms with van der Waals surface area (Å²) in [5.74, 6) is 0.842. The molecule has 1 aliphatic rings. The van der Waals surface area contributed by atoms with Crippen molar-refractivity contribution in [3.8, 4) is 0 Å². The maximum Gasteiger partial charge on any atom is 0.251 e. The number of hydrogen-bond donors (Lipinski definition) is 2. The van der Waals surface area contributed by atoms with E-state index in [9.17, 15) is 9.59 Å². The molecule has 30 heavy (non-hydrogen) atoms. The lowest BCUT2D eigenvalue weighted by Crippen LogP contribution is -2.26. The minimum Gasteiger partial charge on any atom is -0.352 e. The summed E-state index contributed by atoms with van der Waals surface area (Å²) >= 11 is 1.64. The first-order valence-corrected chi connectivity index (χ1v) is 11.1. The summed E-state index contributed by atoms with van der Waals surface area (Å²) in [4.78, 5) is 25.5. The summed E-state index contributed by atoms with van der Waals surface area (Å²) in [5, 5.41) is 5.94. The molecule has 0 atom stereocenters. The van der Waals surface area contributed by atoms with Gasteiger partial charge in [-0.3, -0.25) is 9.59 Å². The Kier molecular flexibility index (Phi) is 6.50. The number of anilines is 1. The molecule has 5 heteroatoms. The quantitative estimate of drug-likeness (QED) is 0.590. The predicted octanol–water partition coefficient (Wildman–Crippen LogP) is 5.07. The fourth-order valence-corrected chi connectivity index (χ4v) is 4.63. The average molecular weight is 417 g/mol. The predicted molar refractivity (Wildman–Crippen MR) is 122 cm³/mol. The summed E-state index contributed by atoms with van der Waals surface area (Å²) in [5.41, 5.74) is 3.76. The zero-order valence-corrected chi connectivity index (χ0v) is 17.5. The minimum atomic E-state index is -0.124. The number of carbonyl (C=O) groups excluding carboxylic acids is 2. The molecule has 0 fully saturated rings. The summed E-state index contributed by atoms with van der Waals surface area (Å²) < 4.78 is 0. The van der Waals surface area contributed by atoms with Gasteiger partial charge in [0.05, 0.1) is 5.69 Å². The molecule has 1 aliphatic heterocycles. The molecule has 0 saturated carbocycles. The number of amides is 2. The van der Waals surface area contributed by atoms with Crippen LogP contribution < -0.4 is 10.6 Å². The van der Waals surface area contributed by atoms with Crippen molar-refractivity contribution in [1.29, 1.82) is 0 Å². The molecule has 152 valence electrons. The van der Waals surface area contributed by atoms with E-state index in [-0.39, 0.29) is 17.7 Å². The molecule has 0 bridgehead atoms. The zero-order chi connectivity index (χ0) is 20.8. The van der Waals surface area contributed by atoms with E-state index in [2.05, 4.69) is 34.9 Å². The molecule has 0 spiro atoms. The topological polar surface area (TPSA) is 58.2 Å². The largest absolute Gasteiger partial charge is 0.352 e. The number of fused-ring (bicyclic) bond motifs is 1. The van der Waals surface area contributed by atoms with Crippen molar-refractivity contribution in [2.75, 3.05) is 17.6 Å². The first-order chi connectivity index (χ1) is 14.7. The van der Waals surface area contributed by atoms with Crippen LogP contribution in [0.4, 0.5) is 5.69 Å². The lowest BCUT2D eigenvalue weighted by Gasteiger charge is -2.18. The Morgan fingerprint density at radius 1 is 0.967 bits per heavy atom. The van der Waals surface area contributed by atoms with E-state index in [0.717, 1.165) is 22.8 Å². The van der Waals surface area contributed by atoms with Gasteiger partial charge in [-0.2, -0.15) is 0 Å². The number of nitrogens with one attached hydrogen (secondary N) is 2. The van der Waals surface area contributed by atoms with Crippen molar-refractivity contribution in [2.24, 2.45) is 0 Å². The number of carbonyl (C=O) groups is 2. The van der Waals surface area contributed by atoms with Gasteiger partial charge in [-0.25, -0.2) is 0 Å². The minimum absolute atomic E-state index is 0.00706. The fraction of sp³-hybridized carbons (Fsp3) is 0.200. The Balaban J connectivity index is 1.43. The normalized spacial score (nSPS) is 13.3. The second kappa shape index (κ2) is 9.63. The monoisotopic (exact) mass is 416 g/mol. The Hall–Kier alpha value is -3.05. The van der Waals surface area contributed by atoms with Crippen molar-refractivity contribution in [2.45, 2.75) is 23.7 Å². The van der Waals surface area contributed by atoms with Crippen LogP contribution in [0.1, 0.15) is 40.2 Å². The first-order valence-electron chi connectivity index (χ1n) is 10.2. The Morgan fingerprint density at radius 3 is 2.30 bits per heavy atom. The maximum absolute atomic E-state index is 12.7. The third kappa shape index (κ3) is 4.92. The van der Waals surface area contributed by atoms with Crippen molar-refractivity contribution in [3.63, 3.8) is 0 Å². The molecule has 4 rings (SSSR count). The maximum atomic E-state index is 12.7. The third-order valence-electron chi connectivity index (χ3n) is 5.22. The van der Waals surface area contributed by atoms with Crippen LogP contribution in [0.25, 0.3) is 0 Å². The fourth-order valence-electron chi connectivity index (χ4n) is 3.69. The average Bonchev–Trinajstić information content (AvgIpc) is 2.97. The van der Waals surface area contributed by atoms with E-state index in [1.54, 1.807) is 17.8 Å². The van der Waals surface area contributed by atoms with Gasteiger partial charge in [0.15, 0.2) is 0 Å². The zero-order valence-electron chi connectivity index (χ0n) is 16.6. The molecule has 4 nitrogen and oxygen atoms in total. The lowest BCUT2D eigenvalue weighted by atomic mass is 9.88. The molecule has 3 aromatic carbocycles. The van der Waals surface area contributed by atoms with Gasteiger partial charge < -0.3 is 10.6 Å². The van der Waals surface area contributed by atoms with Crippen LogP contribution in [-0.4, -0.2) is 24.1 Å². The molecule has 3 aromatic rings. The second-order valence-corrected chi connectivity index (χ2v) is 8.41. The lowest BCUT2D eigenvalue weighted by molar-refractivity contribution is -0.115. The van der Waals surface area contributed by atoms with Crippen molar-refractivity contribution >= 4 is 29.3 Å². The molecule has 0 aliphatic carbocycles. The number of benzene rings is 3. The van der Waals surface area contributed by atoms with Gasteiger partial charge in [-0.05, 0) is 35.7 Å². The van der Waals surface area contributed by atoms with Crippen LogP contribution in [0.15, 0.2) is 83.8 Å². The third-order valence-corrected chi connectivity index (χ3v) is 6.30.